The van der Waals surface area contributed by atoms with Crippen molar-refractivity contribution in [3.63, 3.8) is 0 Å². The predicted octanol–water partition coefficient (Wildman–Crippen LogP) is 4.77. The first-order chi connectivity index (χ1) is 14.1. The summed E-state index contributed by atoms with van der Waals surface area (Å²) in [5, 5.41) is 8.40. The highest BCUT2D eigenvalue weighted by atomic mass is 35.5. The van der Waals surface area contributed by atoms with Crippen LogP contribution in [0.2, 0.25) is 5.02 Å². The lowest BCUT2D eigenvalue weighted by molar-refractivity contribution is 0.410. The molecule has 1 fully saturated rings. The molecule has 7 nitrogen and oxygen atoms in total. The minimum Gasteiger partial charge on any atom is -0.497 e. The normalized spacial score (nSPS) is 13.5. The van der Waals surface area contributed by atoms with E-state index in [-0.39, 0.29) is 0 Å². The van der Waals surface area contributed by atoms with E-state index in [9.17, 15) is 0 Å². The molecule has 2 aromatic heterocycles. The highest BCUT2D eigenvalue weighted by Gasteiger charge is 2.28. The summed E-state index contributed by atoms with van der Waals surface area (Å²) in [5.41, 5.74) is 1.49. The molecule has 1 N–H and O–H groups in total. The van der Waals surface area contributed by atoms with Crippen molar-refractivity contribution in [2.75, 3.05) is 37.5 Å². The second kappa shape index (κ2) is 8.37. The van der Waals surface area contributed by atoms with Crippen molar-refractivity contribution in [2.45, 2.75) is 26.2 Å². The first kappa shape index (κ1) is 19.6. The van der Waals surface area contributed by atoms with Gasteiger partial charge in [0.1, 0.15) is 5.75 Å². The minimum atomic E-state index is 0.548. The van der Waals surface area contributed by atoms with Gasteiger partial charge in [0.25, 0.3) is 0 Å². The number of hydrogen-bond acceptors (Lipinski definition) is 6. The van der Waals surface area contributed by atoms with Crippen LogP contribution in [0.15, 0.2) is 30.5 Å². The highest BCUT2D eigenvalue weighted by molar-refractivity contribution is 6.33. The van der Waals surface area contributed by atoms with Gasteiger partial charge in [-0.15, -0.1) is 0 Å². The molecule has 0 radical (unpaired) electrons. The molecule has 0 aliphatic heterocycles. The number of nitrogens with zero attached hydrogens (tertiary/aromatic N) is 4. The Kier molecular flexibility index (Phi) is 5.67. The third-order valence-electron chi connectivity index (χ3n) is 5.07. The average molecular weight is 416 g/mol. The molecule has 8 heteroatoms. The lowest BCUT2D eigenvalue weighted by Gasteiger charge is -2.27. The van der Waals surface area contributed by atoms with E-state index < -0.39 is 0 Å². The summed E-state index contributed by atoms with van der Waals surface area (Å²) in [6.07, 6.45) is 5.36. The van der Waals surface area contributed by atoms with E-state index in [0.717, 1.165) is 42.6 Å². The van der Waals surface area contributed by atoms with E-state index in [4.69, 9.17) is 26.1 Å². The van der Waals surface area contributed by atoms with Gasteiger partial charge in [0.2, 0.25) is 5.75 Å². The van der Waals surface area contributed by atoms with Crippen molar-refractivity contribution in [3.8, 4) is 11.5 Å². The minimum absolute atomic E-state index is 0.548. The topological polar surface area (TPSA) is 63.9 Å². The van der Waals surface area contributed by atoms with Crippen LogP contribution in [0.25, 0.3) is 5.65 Å². The highest BCUT2D eigenvalue weighted by Crippen LogP contribution is 2.40. The van der Waals surface area contributed by atoms with Crippen molar-refractivity contribution in [1.29, 1.82) is 0 Å². The van der Waals surface area contributed by atoms with Crippen LogP contribution in [0.5, 0.6) is 11.5 Å². The van der Waals surface area contributed by atoms with Crippen molar-refractivity contribution in [3.05, 3.63) is 35.5 Å². The largest absolute Gasteiger partial charge is 0.497 e. The predicted molar refractivity (Wildman–Crippen MR) is 116 cm³/mol. The first-order valence-electron chi connectivity index (χ1n) is 9.91. The molecule has 154 valence electrons. The van der Waals surface area contributed by atoms with Crippen LogP contribution in [-0.4, -0.2) is 41.9 Å². The van der Waals surface area contributed by atoms with Crippen LogP contribution >= 0.6 is 11.6 Å². The molecule has 1 aliphatic carbocycles. The number of hydrogen-bond donors (Lipinski definition) is 1. The number of benzene rings is 1. The Morgan fingerprint density at radius 2 is 2.07 bits per heavy atom. The van der Waals surface area contributed by atoms with Gasteiger partial charge in [-0.05, 0) is 37.3 Å². The Labute approximate surface area is 175 Å². The number of aromatic nitrogens is 3. The summed E-state index contributed by atoms with van der Waals surface area (Å²) in [4.78, 5) is 7.09. The zero-order valence-corrected chi connectivity index (χ0v) is 17.7. The van der Waals surface area contributed by atoms with Crippen LogP contribution in [0.4, 0.5) is 17.3 Å². The third-order valence-corrected chi connectivity index (χ3v) is 5.38. The van der Waals surface area contributed by atoms with Crippen LogP contribution < -0.4 is 19.7 Å². The summed E-state index contributed by atoms with van der Waals surface area (Å²) < 4.78 is 12.9. The van der Waals surface area contributed by atoms with Gasteiger partial charge >= 0.3 is 0 Å². The molecule has 0 unspecified atom stereocenters. The fraction of sp³-hybridized carbons (Fsp3) is 0.429. The van der Waals surface area contributed by atoms with Gasteiger partial charge in [0.05, 0.1) is 31.1 Å². The first-order valence-corrected chi connectivity index (χ1v) is 10.3. The Hall–Kier alpha value is -2.67. The second-order valence-corrected chi connectivity index (χ2v) is 7.69. The summed E-state index contributed by atoms with van der Waals surface area (Å²) in [7, 11) is 3.28. The van der Waals surface area contributed by atoms with E-state index in [1.165, 1.54) is 12.8 Å². The molecule has 2 heterocycles. The van der Waals surface area contributed by atoms with E-state index >= 15 is 0 Å². The molecule has 0 bridgehead atoms. The lowest BCUT2D eigenvalue weighted by Crippen LogP contribution is -2.29. The van der Waals surface area contributed by atoms with E-state index in [2.05, 4.69) is 22.2 Å². The number of halogens is 1. The summed E-state index contributed by atoms with van der Waals surface area (Å²) in [6, 6.07) is 7.39. The Bertz CT molecular complexity index is 1000. The number of fused-ring (bicyclic) bond motifs is 1. The van der Waals surface area contributed by atoms with Crippen molar-refractivity contribution in [1.82, 2.24) is 14.6 Å². The molecule has 0 amide bonds. The standard InChI is InChI=1S/C21H26ClN5O2/c1-4-11-26(13-14-5-6-14)21-19(29-3)20(25-18-9-10-23-27(18)21)24-17-8-7-15(28-2)12-16(17)22/h7-10,12,14H,4-6,11,13H2,1-3H3,(H,24,25). The van der Waals surface area contributed by atoms with Crippen molar-refractivity contribution >= 4 is 34.6 Å². The van der Waals surface area contributed by atoms with Gasteiger partial charge in [-0.1, -0.05) is 18.5 Å². The van der Waals surface area contributed by atoms with Gasteiger partial charge in [0.15, 0.2) is 17.3 Å². The van der Waals surface area contributed by atoms with Crippen LogP contribution in [0, 0.1) is 5.92 Å². The molecular weight excluding hydrogens is 390 g/mol. The Morgan fingerprint density at radius 3 is 2.72 bits per heavy atom. The fourth-order valence-corrected chi connectivity index (χ4v) is 3.70. The second-order valence-electron chi connectivity index (χ2n) is 7.28. The maximum atomic E-state index is 6.44. The smallest absolute Gasteiger partial charge is 0.204 e. The summed E-state index contributed by atoms with van der Waals surface area (Å²) in [5.74, 6) is 3.62. The van der Waals surface area contributed by atoms with Gasteiger partial charge in [0, 0.05) is 25.2 Å². The molecule has 4 rings (SSSR count). The molecule has 1 aromatic carbocycles. The van der Waals surface area contributed by atoms with Crippen molar-refractivity contribution < 1.29 is 9.47 Å². The summed E-state index contributed by atoms with van der Waals surface area (Å²) in [6.45, 7) is 4.10. The molecule has 0 atom stereocenters. The molecule has 0 spiro atoms. The Balaban J connectivity index is 1.79. The maximum absolute atomic E-state index is 6.44. The number of ether oxygens (including phenoxy) is 2. The molecule has 0 saturated heterocycles. The van der Waals surface area contributed by atoms with Crippen LogP contribution in [-0.2, 0) is 0 Å². The van der Waals surface area contributed by atoms with Crippen LogP contribution in [0.1, 0.15) is 26.2 Å². The van der Waals surface area contributed by atoms with E-state index in [1.54, 1.807) is 26.5 Å². The molecule has 1 aliphatic rings. The van der Waals surface area contributed by atoms with E-state index in [0.29, 0.717) is 22.3 Å². The number of methoxy groups -OCH3 is 2. The van der Waals surface area contributed by atoms with Crippen molar-refractivity contribution in [2.24, 2.45) is 5.92 Å². The van der Waals surface area contributed by atoms with E-state index in [1.807, 2.05) is 22.7 Å². The third kappa shape index (κ3) is 4.05. The van der Waals surface area contributed by atoms with Gasteiger partial charge in [-0.3, -0.25) is 0 Å². The molecule has 3 aromatic rings. The summed E-state index contributed by atoms with van der Waals surface area (Å²) >= 11 is 6.44. The molecule has 29 heavy (non-hydrogen) atoms. The Morgan fingerprint density at radius 1 is 1.24 bits per heavy atom. The maximum Gasteiger partial charge on any atom is 0.204 e. The SMILES string of the molecule is CCCN(CC1CC1)c1c(OC)c(Nc2ccc(OC)cc2Cl)nc2ccnn12. The number of anilines is 3. The van der Waals surface area contributed by atoms with Gasteiger partial charge in [-0.25, -0.2) is 4.98 Å². The zero-order chi connectivity index (χ0) is 20.4. The molecular formula is C21H26ClN5O2. The average Bonchev–Trinajstić information content (AvgIpc) is 3.42. The van der Waals surface area contributed by atoms with Crippen LogP contribution in [0.3, 0.4) is 0 Å². The molecule has 1 saturated carbocycles. The zero-order valence-electron chi connectivity index (χ0n) is 17.0. The number of nitrogens with one attached hydrogen (secondary N) is 1. The van der Waals surface area contributed by atoms with Gasteiger partial charge < -0.3 is 19.7 Å². The fourth-order valence-electron chi connectivity index (χ4n) is 3.48. The van der Waals surface area contributed by atoms with Gasteiger partial charge in [-0.2, -0.15) is 9.61 Å². The lowest BCUT2D eigenvalue weighted by atomic mass is 10.2. The quantitative estimate of drug-likeness (QED) is 0.543. The monoisotopic (exact) mass is 415 g/mol. The number of rotatable bonds is 9.